The van der Waals surface area contributed by atoms with Gasteiger partial charge in [0.2, 0.25) is 5.91 Å². The highest BCUT2D eigenvalue weighted by atomic mass is 16.1. The maximum atomic E-state index is 10.8. The first-order valence-corrected chi connectivity index (χ1v) is 3.95. The summed E-state index contributed by atoms with van der Waals surface area (Å²) in [4.78, 5) is 12.9. The van der Waals surface area contributed by atoms with Crippen LogP contribution in [0.5, 0.6) is 0 Å². The molecular formula is C8H11N3O. The quantitative estimate of drug-likeness (QED) is 0.532. The van der Waals surface area contributed by atoms with E-state index in [-0.39, 0.29) is 11.9 Å². The van der Waals surface area contributed by atoms with Crippen LogP contribution in [0.15, 0.2) is 24.0 Å². The van der Waals surface area contributed by atoms with Crippen molar-refractivity contribution in [1.82, 2.24) is 10.2 Å². The summed E-state index contributed by atoms with van der Waals surface area (Å²) in [6, 6.07) is -0.226. The van der Waals surface area contributed by atoms with Crippen molar-refractivity contribution in [2.45, 2.75) is 6.04 Å². The summed E-state index contributed by atoms with van der Waals surface area (Å²) in [5.74, 6) is 0.714. The number of fused-ring (bicyclic) bond motifs is 1. The third kappa shape index (κ3) is 1.05. The molecule has 2 aliphatic rings. The van der Waals surface area contributed by atoms with E-state index in [2.05, 4.69) is 16.3 Å². The zero-order valence-electron chi connectivity index (χ0n) is 6.66. The first kappa shape index (κ1) is 7.21. The van der Waals surface area contributed by atoms with Gasteiger partial charge in [-0.05, 0) is 6.08 Å². The van der Waals surface area contributed by atoms with Crippen LogP contribution in [0.25, 0.3) is 0 Å². The van der Waals surface area contributed by atoms with Crippen molar-refractivity contribution < 1.29 is 4.79 Å². The van der Waals surface area contributed by atoms with Crippen molar-refractivity contribution >= 4 is 5.91 Å². The molecule has 0 spiro atoms. The van der Waals surface area contributed by atoms with Gasteiger partial charge >= 0.3 is 0 Å². The normalized spacial score (nSPS) is 26.2. The molecule has 4 nitrogen and oxygen atoms in total. The van der Waals surface area contributed by atoms with Gasteiger partial charge in [-0.1, -0.05) is 12.2 Å². The molecule has 2 aliphatic heterocycles. The lowest BCUT2D eigenvalue weighted by Gasteiger charge is -2.18. The van der Waals surface area contributed by atoms with E-state index < -0.39 is 0 Å². The lowest BCUT2D eigenvalue weighted by Crippen LogP contribution is -2.38. The van der Waals surface area contributed by atoms with Crippen molar-refractivity contribution in [2.24, 2.45) is 5.73 Å². The lowest BCUT2D eigenvalue weighted by molar-refractivity contribution is -0.119. The summed E-state index contributed by atoms with van der Waals surface area (Å²) in [5, 5.41) is 3.05. The third-order valence-electron chi connectivity index (χ3n) is 2.13. The van der Waals surface area contributed by atoms with Crippen LogP contribution in [0.3, 0.4) is 0 Å². The minimum atomic E-state index is -0.287. The predicted molar refractivity (Wildman–Crippen MR) is 44.9 cm³/mol. The fraction of sp³-hybridized carbons (Fsp3) is 0.375. The lowest BCUT2D eigenvalue weighted by atomic mass is 10.3. The van der Waals surface area contributed by atoms with E-state index in [1.807, 2.05) is 12.2 Å². The van der Waals surface area contributed by atoms with E-state index >= 15 is 0 Å². The molecule has 0 aliphatic carbocycles. The smallest absolute Gasteiger partial charge is 0.241 e. The number of nitrogens with zero attached hydrogens (tertiary/aromatic N) is 1. The Labute approximate surface area is 70.7 Å². The van der Waals surface area contributed by atoms with Gasteiger partial charge < -0.3 is 16.0 Å². The Hall–Kier alpha value is -1.45. The first-order valence-electron chi connectivity index (χ1n) is 3.95. The molecule has 0 aromatic heterocycles. The molecule has 64 valence electrons. The zero-order chi connectivity index (χ0) is 8.55. The first-order chi connectivity index (χ1) is 5.77. The molecule has 0 radical (unpaired) electrons. The van der Waals surface area contributed by atoms with Crippen LogP contribution in [0.2, 0.25) is 0 Å². The highest BCUT2D eigenvalue weighted by Gasteiger charge is 2.28. The van der Waals surface area contributed by atoms with Crippen molar-refractivity contribution in [3.05, 3.63) is 24.0 Å². The third-order valence-corrected chi connectivity index (χ3v) is 2.13. The number of carbonyl (C=O) groups excluding carboxylic acids is 1. The van der Waals surface area contributed by atoms with Gasteiger partial charge in [-0.3, -0.25) is 4.79 Å². The van der Waals surface area contributed by atoms with Crippen LogP contribution in [0.1, 0.15) is 0 Å². The Morgan fingerprint density at radius 1 is 1.75 bits per heavy atom. The number of carbonyl (C=O) groups is 1. The second kappa shape index (κ2) is 2.55. The van der Waals surface area contributed by atoms with Gasteiger partial charge in [-0.15, -0.1) is 0 Å². The number of nitrogens with one attached hydrogen (secondary N) is 1. The van der Waals surface area contributed by atoms with Crippen LogP contribution in [-0.4, -0.2) is 29.9 Å². The molecule has 3 N–H and O–H groups in total. The summed E-state index contributed by atoms with van der Waals surface area (Å²) < 4.78 is 0. The maximum Gasteiger partial charge on any atom is 0.241 e. The van der Waals surface area contributed by atoms with Crippen LogP contribution < -0.4 is 11.1 Å². The Balaban J connectivity index is 2.12. The summed E-state index contributed by atoms with van der Waals surface area (Å²) in [6.45, 7) is 1.55. The molecule has 2 rings (SSSR count). The molecule has 1 fully saturated rings. The SMILES string of the molecule is NC(=O)C1CN2CC=CC=C2N1. The predicted octanol–water partition coefficient (Wildman–Crippen LogP) is -0.843. The standard InChI is InChI=1S/C8H11N3O/c9-8(12)6-5-11-4-2-1-3-7(11)10-6/h1-3,6,10H,4-5H2,(H2,9,12). The van der Waals surface area contributed by atoms with Gasteiger partial charge in [0.1, 0.15) is 11.9 Å². The average Bonchev–Trinajstić information content (AvgIpc) is 2.46. The van der Waals surface area contributed by atoms with Gasteiger partial charge in [0, 0.05) is 13.1 Å². The second-order valence-electron chi connectivity index (χ2n) is 2.98. The number of nitrogens with two attached hydrogens (primary N) is 1. The minimum Gasteiger partial charge on any atom is -0.368 e. The molecule has 0 bridgehead atoms. The largest absolute Gasteiger partial charge is 0.368 e. The average molecular weight is 165 g/mol. The molecule has 1 atom stereocenters. The maximum absolute atomic E-state index is 10.8. The van der Waals surface area contributed by atoms with Crippen LogP contribution in [0.4, 0.5) is 0 Å². The Morgan fingerprint density at radius 2 is 2.58 bits per heavy atom. The fourth-order valence-electron chi connectivity index (χ4n) is 1.47. The Bertz CT molecular complexity index is 269. The minimum absolute atomic E-state index is 0.226. The van der Waals surface area contributed by atoms with E-state index in [1.54, 1.807) is 0 Å². The van der Waals surface area contributed by atoms with Crippen molar-refractivity contribution in [1.29, 1.82) is 0 Å². The summed E-state index contributed by atoms with van der Waals surface area (Å²) in [6.07, 6.45) is 5.98. The number of amides is 1. The Morgan fingerprint density at radius 3 is 3.25 bits per heavy atom. The topological polar surface area (TPSA) is 58.4 Å². The van der Waals surface area contributed by atoms with E-state index in [1.165, 1.54) is 0 Å². The summed E-state index contributed by atoms with van der Waals surface area (Å²) >= 11 is 0. The molecule has 1 saturated heterocycles. The molecule has 2 heterocycles. The van der Waals surface area contributed by atoms with E-state index in [4.69, 9.17) is 5.73 Å². The van der Waals surface area contributed by atoms with Crippen molar-refractivity contribution in [3.8, 4) is 0 Å². The van der Waals surface area contributed by atoms with Gasteiger partial charge in [-0.2, -0.15) is 0 Å². The van der Waals surface area contributed by atoms with E-state index in [9.17, 15) is 4.79 Å². The molecule has 4 heteroatoms. The molecule has 1 amide bonds. The second-order valence-corrected chi connectivity index (χ2v) is 2.98. The van der Waals surface area contributed by atoms with Gasteiger partial charge in [0.25, 0.3) is 0 Å². The number of primary amides is 1. The molecular weight excluding hydrogens is 154 g/mol. The van der Waals surface area contributed by atoms with E-state index in [0.29, 0.717) is 6.54 Å². The monoisotopic (exact) mass is 165 g/mol. The van der Waals surface area contributed by atoms with E-state index in [0.717, 1.165) is 12.4 Å². The number of allylic oxidation sites excluding steroid dienone is 2. The van der Waals surface area contributed by atoms with Gasteiger partial charge in [0.15, 0.2) is 0 Å². The number of hydrogen-bond donors (Lipinski definition) is 2. The van der Waals surface area contributed by atoms with Crippen LogP contribution in [-0.2, 0) is 4.79 Å². The van der Waals surface area contributed by atoms with Crippen molar-refractivity contribution in [3.63, 3.8) is 0 Å². The molecule has 0 aromatic carbocycles. The summed E-state index contributed by atoms with van der Waals surface area (Å²) in [5.41, 5.74) is 5.18. The van der Waals surface area contributed by atoms with Crippen molar-refractivity contribution in [2.75, 3.05) is 13.1 Å². The molecule has 0 aromatic rings. The number of rotatable bonds is 1. The molecule has 1 unspecified atom stereocenters. The summed E-state index contributed by atoms with van der Waals surface area (Å²) in [7, 11) is 0. The van der Waals surface area contributed by atoms with Gasteiger partial charge in [0.05, 0.1) is 0 Å². The van der Waals surface area contributed by atoms with Crippen LogP contribution >= 0.6 is 0 Å². The van der Waals surface area contributed by atoms with Gasteiger partial charge in [-0.25, -0.2) is 0 Å². The highest BCUT2D eigenvalue weighted by Crippen LogP contribution is 2.14. The molecule has 12 heavy (non-hydrogen) atoms. The molecule has 0 saturated carbocycles. The highest BCUT2D eigenvalue weighted by molar-refractivity contribution is 5.81. The van der Waals surface area contributed by atoms with Crippen LogP contribution in [0, 0.1) is 0 Å². The fourth-order valence-corrected chi connectivity index (χ4v) is 1.47. The number of hydrogen-bond acceptors (Lipinski definition) is 3. The Kier molecular flexibility index (Phi) is 1.53. The zero-order valence-corrected chi connectivity index (χ0v) is 6.66.